The molecule has 2 aromatic rings. The van der Waals surface area contributed by atoms with Crippen LogP contribution < -0.4 is 0 Å². The van der Waals surface area contributed by atoms with Gasteiger partial charge < -0.3 is 4.90 Å². The van der Waals surface area contributed by atoms with Gasteiger partial charge in [0, 0.05) is 36.3 Å². The van der Waals surface area contributed by atoms with E-state index in [4.69, 9.17) is 23.2 Å². The molecule has 1 aliphatic heterocycles. The Kier molecular flexibility index (Phi) is 7.03. The van der Waals surface area contributed by atoms with Crippen LogP contribution in [0.2, 0.25) is 10.0 Å². The van der Waals surface area contributed by atoms with Crippen molar-refractivity contribution in [1.82, 2.24) is 14.8 Å². The molecular formula is C23H29Cl2N3OS. The number of halogens is 2. The summed E-state index contributed by atoms with van der Waals surface area (Å²) in [6.45, 7) is 8.21. The van der Waals surface area contributed by atoms with Crippen molar-refractivity contribution in [1.29, 1.82) is 0 Å². The molecule has 4 rings (SSSR count). The zero-order valence-electron chi connectivity index (χ0n) is 17.7. The van der Waals surface area contributed by atoms with Crippen molar-refractivity contribution >= 4 is 40.4 Å². The van der Waals surface area contributed by atoms with Crippen LogP contribution in [0.1, 0.15) is 54.4 Å². The molecule has 0 radical (unpaired) electrons. The Labute approximate surface area is 193 Å². The molecule has 0 bridgehead atoms. The number of carbonyl (C=O) groups excluding carboxylic acids is 1. The fraction of sp³-hybridized carbons (Fsp3) is 0.565. The van der Waals surface area contributed by atoms with Crippen LogP contribution in [-0.4, -0.2) is 52.9 Å². The van der Waals surface area contributed by atoms with Gasteiger partial charge in [-0.2, -0.15) is 0 Å². The number of aryl methyl sites for hydroxylation is 1. The first-order valence-corrected chi connectivity index (χ1v) is 12.5. The largest absolute Gasteiger partial charge is 0.338 e. The van der Waals surface area contributed by atoms with Gasteiger partial charge in [-0.05, 0) is 69.7 Å². The smallest absolute Gasteiger partial charge is 0.265 e. The fourth-order valence-corrected chi connectivity index (χ4v) is 5.79. The number of hydrogen-bond donors (Lipinski definition) is 0. The number of thiazole rings is 1. The Bertz CT molecular complexity index is 904. The molecule has 4 nitrogen and oxygen atoms in total. The third kappa shape index (κ3) is 5.01. The number of nitrogens with zero attached hydrogens (tertiary/aromatic N) is 3. The maximum absolute atomic E-state index is 13.2. The van der Waals surface area contributed by atoms with E-state index in [1.54, 1.807) is 12.1 Å². The Hall–Kier alpha value is -1.14. The number of aromatic nitrogens is 1. The van der Waals surface area contributed by atoms with E-state index in [0.717, 1.165) is 48.1 Å². The van der Waals surface area contributed by atoms with Crippen LogP contribution in [0.5, 0.6) is 0 Å². The van der Waals surface area contributed by atoms with Crippen LogP contribution >= 0.6 is 34.5 Å². The van der Waals surface area contributed by atoms with Gasteiger partial charge >= 0.3 is 0 Å². The van der Waals surface area contributed by atoms with E-state index in [2.05, 4.69) is 16.8 Å². The van der Waals surface area contributed by atoms with Gasteiger partial charge in [-0.15, -0.1) is 11.3 Å². The second-order valence-electron chi connectivity index (χ2n) is 8.52. The summed E-state index contributed by atoms with van der Waals surface area (Å²) in [4.78, 5) is 23.2. The Morgan fingerprint density at radius 3 is 2.63 bits per heavy atom. The van der Waals surface area contributed by atoms with E-state index >= 15 is 0 Å². The van der Waals surface area contributed by atoms with Gasteiger partial charge in [0.25, 0.3) is 5.91 Å². The predicted octanol–water partition coefficient (Wildman–Crippen LogP) is 6.15. The molecule has 7 heteroatoms. The van der Waals surface area contributed by atoms with Crippen molar-refractivity contribution in [2.24, 2.45) is 5.92 Å². The van der Waals surface area contributed by atoms with E-state index in [1.165, 1.54) is 43.7 Å². The van der Waals surface area contributed by atoms with Crippen molar-refractivity contribution in [3.8, 4) is 10.6 Å². The van der Waals surface area contributed by atoms with E-state index in [9.17, 15) is 4.79 Å². The lowest BCUT2D eigenvalue weighted by atomic mass is 10.0. The van der Waals surface area contributed by atoms with Crippen LogP contribution in [0, 0.1) is 12.8 Å². The molecule has 0 atom stereocenters. The highest BCUT2D eigenvalue weighted by atomic mass is 35.5. The minimum Gasteiger partial charge on any atom is -0.338 e. The summed E-state index contributed by atoms with van der Waals surface area (Å²) in [7, 11) is 0. The Balaban J connectivity index is 1.43. The number of likely N-dealkylation sites (tertiary alicyclic amines) is 1. The molecule has 1 amide bonds. The summed E-state index contributed by atoms with van der Waals surface area (Å²) in [6.07, 6.45) is 6.09. The van der Waals surface area contributed by atoms with Gasteiger partial charge in [0.1, 0.15) is 9.88 Å². The molecule has 1 aromatic heterocycles. The average molecular weight is 466 g/mol. The van der Waals surface area contributed by atoms with Crippen molar-refractivity contribution in [2.75, 3.05) is 26.2 Å². The van der Waals surface area contributed by atoms with E-state index in [0.29, 0.717) is 21.0 Å². The van der Waals surface area contributed by atoms with Gasteiger partial charge in [-0.1, -0.05) is 30.1 Å². The van der Waals surface area contributed by atoms with Crippen molar-refractivity contribution in [3.05, 3.63) is 38.8 Å². The maximum Gasteiger partial charge on any atom is 0.265 e. The number of piperidine rings is 1. The quantitative estimate of drug-likeness (QED) is 0.491. The van der Waals surface area contributed by atoms with E-state index < -0.39 is 0 Å². The number of rotatable bonds is 7. The molecule has 1 saturated heterocycles. The molecule has 1 aliphatic carbocycles. The molecule has 162 valence electrons. The molecule has 1 aromatic carbocycles. The summed E-state index contributed by atoms with van der Waals surface area (Å²) in [5, 5.41) is 1.96. The first kappa shape index (κ1) is 22.1. The lowest BCUT2D eigenvalue weighted by Gasteiger charge is -2.38. The topological polar surface area (TPSA) is 36.4 Å². The van der Waals surface area contributed by atoms with Gasteiger partial charge in [-0.3, -0.25) is 9.69 Å². The van der Waals surface area contributed by atoms with Gasteiger partial charge in [0.05, 0.1) is 10.7 Å². The molecular weight excluding hydrogens is 437 g/mol. The van der Waals surface area contributed by atoms with Gasteiger partial charge in [0.2, 0.25) is 0 Å². The highest BCUT2D eigenvalue weighted by Crippen LogP contribution is 2.36. The minimum absolute atomic E-state index is 0.0945. The lowest BCUT2D eigenvalue weighted by Crippen LogP contribution is -2.47. The zero-order chi connectivity index (χ0) is 21.3. The van der Waals surface area contributed by atoms with Crippen LogP contribution in [0.25, 0.3) is 10.6 Å². The lowest BCUT2D eigenvalue weighted by molar-refractivity contribution is 0.0615. The highest BCUT2D eigenvalue weighted by Gasteiger charge is 2.32. The molecule has 2 aliphatic rings. The van der Waals surface area contributed by atoms with Gasteiger partial charge in [-0.25, -0.2) is 4.98 Å². The Morgan fingerprint density at radius 1 is 1.23 bits per heavy atom. The molecule has 0 spiro atoms. The summed E-state index contributed by atoms with van der Waals surface area (Å²) in [5.74, 6) is 1.00. The first-order chi connectivity index (χ1) is 14.5. The zero-order valence-corrected chi connectivity index (χ0v) is 20.0. The third-order valence-corrected chi connectivity index (χ3v) is 7.86. The summed E-state index contributed by atoms with van der Waals surface area (Å²) in [5.41, 5.74) is 1.55. The molecule has 0 unspecified atom stereocenters. The molecule has 0 N–H and O–H groups in total. The van der Waals surface area contributed by atoms with Crippen LogP contribution in [-0.2, 0) is 0 Å². The van der Waals surface area contributed by atoms with Crippen LogP contribution in [0.4, 0.5) is 0 Å². The number of benzene rings is 1. The molecule has 2 heterocycles. The highest BCUT2D eigenvalue weighted by molar-refractivity contribution is 7.17. The van der Waals surface area contributed by atoms with E-state index in [1.807, 2.05) is 17.9 Å². The predicted molar refractivity (Wildman–Crippen MR) is 126 cm³/mol. The number of carbonyl (C=O) groups is 1. The monoisotopic (exact) mass is 465 g/mol. The minimum atomic E-state index is 0.0945. The summed E-state index contributed by atoms with van der Waals surface area (Å²) >= 11 is 13.9. The van der Waals surface area contributed by atoms with Crippen LogP contribution in [0.3, 0.4) is 0 Å². The standard InChI is InChI=1S/C23H29Cl2N3OS/c1-3-10-28(14-16-4-5-16)18-8-11-27(12-9-18)23(29)21-15(2)26-22(30-21)19-13-17(24)6-7-20(19)25/h6-7,13,16,18H,3-5,8-12,14H2,1-2H3. The number of amides is 1. The fourth-order valence-electron chi connectivity index (χ4n) is 4.29. The van der Waals surface area contributed by atoms with Gasteiger partial charge in [0.15, 0.2) is 0 Å². The summed E-state index contributed by atoms with van der Waals surface area (Å²) < 4.78 is 0. The first-order valence-electron chi connectivity index (χ1n) is 10.9. The third-order valence-electron chi connectivity index (χ3n) is 6.12. The second-order valence-corrected chi connectivity index (χ2v) is 10.4. The number of hydrogen-bond acceptors (Lipinski definition) is 4. The normalized spacial score (nSPS) is 17.7. The maximum atomic E-state index is 13.2. The Morgan fingerprint density at radius 2 is 1.97 bits per heavy atom. The van der Waals surface area contributed by atoms with Crippen molar-refractivity contribution in [3.63, 3.8) is 0 Å². The van der Waals surface area contributed by atoms with Crippen LogP contribution in [0.15, 0.2) is 18.2 Å². The molecule has 30 heavy (non-hydrogen) atoms. The van der Waals surface area contributed by atoms with E-state index in [-0.39, 0.29) is 5.91 Å². The SMILES string of the molecule is CCCN(CC1CC1)C1CCN(C(=O)c2sc(-c3cc(Cl)ccc3Cl)nc2C)CC1. The second kappa shape index (κ2) is 9.56. The summed E-state index contributed by atoms with van der Waals surface area (Å²) in [6, 6.07) is 5.95. The average Bonchev–Trinajstić information content (AvgIpc) is 3.48. The van der Waals surface area contributed by atoms with Crippen molar-refractivity contribution in [2.45, 2.75) is 52.0 Å². The van der Waals surface area contributed by atoms with Crippen molar-refractivity contribution < 1.29 is 4.79 Å². The molecule has 2 fully saturated rings. The molecule has 1 saturated carbocycles.